The van der Waals surface area contributed by atoms with Crippen LogP contribution in [0.4, 0.5) is 0 Å². The Balaban J connectivity index is 2.49. The molecule has 0 heterocycles. The summed E-state index contributed by atoms with van der Waals surface area (Å²) in [6.07, 6.45) is 10.8. The van der Waals surface area contributed by atoms with Crippen molar-refractivity contribution < 1.29 is 14.6 Å². The SMILES string of the molecule is CCCCCC(=O)C=CC=Cc1ccc(OCC)c(O)c1. The van der Waals surface area contributed by atoms with Gasteiger partial charge in [-0.05, 0) is 37.1 Å². The van der Waals surface area contributed by atoms with Gasteiger partial charge in [0.2, 0.25) is 0 Å². The lowest BCUT2D eigenvalue weighted by Crippen LogP contribution is -1.91. The Morgan fingerprint density at radius 2 is 2.05 bits per heavy atom. The summed E-state index contributed by atoms with van der Waals surface area (Å²) in [5.41, 5.74) is 0.860. The highest BCUT2D eigenvalue weighted by molar-refractivity contribution is 5.89. The zero-order chi connectivity index (χ0) is 15.5. The molecule has 0 aromatic heterocycles. The van der Waals surface area contributed by atoms with E-state index in [2.05, 4.69) is 6.92 Å². The molecule has 0 saturated carbocycles. The number of phenolic OH excluding ortho intramolecular Hbond substituents is 1. The molecule has 3 heteroatoms. The highest BCUT2D eigenvalue weighted by Crippen LogP contribution is 2.27. The Morgan fingerprint density at radius 1 is 1.24 bits per heavy atom. The van der Waals surface area contributed by atoms with Crippen LogP contribution in [-0.2, 0) is 4.79 Å². The van der Waals surface area contributed by atoms with Gasteiger partial charge in [0.15, 0.2) is 17.3 Å². The average molecular weight is 288 g/mol. The van der Waals surface area contributed by atoms with Crippen molar-refractivity contribution in [3.63, 3.8) is 0 Å². The maximum Gasteiger partial charge on any atom is 0.160 e. The van der Waals surface area contributed by atoms with Gasteiger partial charge in [-0.2, -0.15) is 0 Å². The van der Waals surface area contributed by atoms with Crippen molar-refractivity contribution >= 4 is 11.9 Å². The van der Waals surface area contributed by atoms with Gasteiger partial charge in [-0.3, -0.25) is 4.79 Å². The number of unbranched alkanes of at least 4 members (excludes halogenated alkanes) is 2. The molecule has 1 rings (SSSR count). The zero-order valence-corrected chi connectivity index (χ0v) is 12.8. The molecular formula is C18H24O3. The molecular weight excluding hydrogens is 264 g/mol. The Bertz CT molecular complexity index is 501. The minimum Gasteiger partial charge on any atom is -0.504 e. The van der Waals surface area contributed by atoms with Crippen LogP contribution in [0.3, 0.4) is 0 Å². The van der Waals surface area contributed by atoms with Crippen molar-refractivity contribution in [3.8, 4) is 11.5 Å². The molecule has 0 aliphatic rings. The predicted molar refractivity (Wildman–Crippen MR) is 86.6 cm³/mol. The lowest BCUT2D eigenvalue weighted by Gasteiger charge is -2.05. The van der Waals surface area contributed by atoms with Crippen LogP contribution in [0.15, 0.2) is 36.4 Å². The molecule has 0 bridgehead atoms. The van der Waals surface area contributed by atoms with Gasteiger partial charge in [0.1, 0.15) is 0 Å². The minimum atomic E-state index is 0.124. The van der Waals surface area contributed by atoms with E-state index >= 15 is 0 Å². The van der Waals surface area contributed by atoms with E-state index in [1.165, 1.54) is 0 Å². The van der Waals surface area contributed by atoms with Crippen molar-refractivity contribution in [1.29, 1.82) is 0 Å². The first-order chi connectivity index (χ1) is 10.2. The molecule has 0 aliphatic carbocycles. The molecule has 1 N–H and O–H groups in total. The third-order valence-electron chi connectivity index (χ3n) is 2.99. The minimum absolute atomic E-state index is 0.124. The van der Waals surface area contributed by atoms with Crippen molar-refractivity contribution in [2.24, 2.45) is 0 Å². The molecule has 0 spiro atoms. The van der Waals surface area contributed by atoms with Crippen LogP contribution in [0, 0.1) is 0 Å². The summed E-state index contributed by atoms with van der Waals surface area (Å²) in [7, 11) is 0. The summed E-state index contributed by atoms with van der Waals surface area (Å²) in [5, 5.41) is 9.76. The third-order valence-corrected chi connectivity index (χ3v) is 2.99. The first kappa shape index (κ1) is 17.0. The van der Waals surface area contributed by atoms with Gasteiger partial charge in [0.25, 0.3) is 0 Å². The predicted octanol–water partition coefficient (Wildman–Crippen LogP) is 4.51. The highest BCUT2D eigenvalue weighted by Gasteiger charge is 2.01. The van der Waals surface area contributed by atoms with Crippen LogP contribution in [-0.4, -0.2) is 17.5 Å². The Hall–Kier alpha value is -2.03. The lowest BCUT2D eigenvalue weighted by molar-refractivity contribution is -0.114. The fourth-order valence-corrected chi connectivity index (χ4v) is 1.88. The first-order valence-corrected chi connectivity index (χ1v) is 7.50. The van der Waals surface area contributed by atoms with E-state index in [1.54, 1.807) is 30.4 Å². The maximum absolute atomic E-state index is 11.5. The summed E-state index contributed by atoms with van der Waals surface area (Å²) in [5.74, 6) is 0.762. The molecule has 0 atom stereocenters. The molecule has 0 radical (unpaired) electrons. The molecule has 21 heavy (non-hydrogen) atoms. The monoisotopic (exact) mass is 288 g/mol. The van der Waals surface area contributed by atoms with Gasteiger partial charge in [0, 0.05) is 6.42 Å². The van der Waals surface area contributed by atoms with E-state index < -0.39 is 0 Å². The van der Waals surface area contributed by atoms with Crippen LogP contribution >= 0.6 is 0 Å². The molecule has 0 amide bonds. The lowest BCUT2D eigenvalue weighted by atomic mass is 10.1. The van der Waals surface area contributed by atoms with Crippen LogP contribution in [0.1, 0.15) is 45.1 Å². The molecule has 1 aromatic rings. The molecule has 0 saturated heterocycles. The smallest absolute Gasteiger partial charge is 0.160 e. The quantitative estimate of drug-likeness (QED) is 0.413. The zero-order valence-electron chi connectivity index (χ0n) is 12.8. The highest BCUT2D eigenvalue weighted by atomic mass is 16.5. The van der Waals surface area contributed by atoms with Gasteiger partial charge in [-0.25, -0.2) is 0 Å². The fraction of sp³-hybridized carbons (Fsp3) is 0.389. The van der Waals surface area contributed by atoms with Crippen molar-refractivity contribution in [3.05, 3.63) is 42.0 Å². The number of carbonyl (C=O) groups is 1. The number of ketones is 1. The molecule has 0 unspecified atom stereocenters. The Morgan fingerprint density at radius 3 is 2.71 bits per heavy atom. The van der Waals surface area contributed by atoms with Crippen molar-refractivity contribution in [2.75, 3.05) is 6.61 Å². The van der Waals surface area contributed by atoms with Crippen molar-refractivity contribution in [1.82, 2.24) is 0 Å². The van der Waals surface area contributed by atoms with Gasteiger partial charge >= 0.3 is 0 Å². The largest absolute Gasteiger partial charge is 0.504 e. The first-order valence-electron chi connectivity index (χ1n) is 7.50. The van der Waals surface area contributed by atoms with Crippen LogP contribution in [0.5, 0.6) is 11.5 Å². The van der Waals surface area contributed by atoms with Crippen LogP contribution < -0.4 is 4.74 Å². The van der Waals surface area contributed by atoms with Crippen LogP contribution in [0.25, 0.3) is 6.08 Å². The standard InChI is InChI=1S/C18H24O3/c1-3-5-6-10-16(19)11-8-7-9-15-12-13-18(21-4-2)17(20)14-15/h7-9,11-14,20H,3-6,10H2,1-2H3. The molecule has 1 aromatic carbocycles. The third kappa shape index (κ3) is 6.80. The number of allylic oxidation sites excluding steroid dienone is 3. The topological polar surface area (TPSA) is 46.5 Å². The van der Waals surface area contributed by atoms with E-state index in [1.807, 2.05) is 19.1 Å². The number of ether oxygens (including phenoxy) is 1. The second-order valence-electron chi connectivity index (χ2n) is 4.80. The van der Waals surface area contributed by atoms with E-state index in [0.717, 1.165) is 24.8 Å². The van der Waals surface area contributed by atoms with Gasteiger partial charge in [0.05, 0.1) is 6.61 Å². The number of carbonyl (C=O) groups excluding carboxylic acids is 1. The second-order valence-corrected chi connectivity index (χ2v) is 4.80. The number of benzene rings is 1. The number of rotatable bonds is 9. The summed E-state index contributed by atoms with van der Waals surface area (Å²) in [4.78, 5) is 11.5. The second kappa shape index (κ2) is 9.81. The van der Waals surface area contributed by atoms with Crippen LogP contribution in [0.2, 0.25) is 0 Å². The van der Waals surface area contributed by atoms with E-state index in [4.69, 9.17) is 4.74 Å². The number of hydrogen-bond acceptors (Lipinski definition) is 3. The van der Waals surface area contributed by atoms with E-state index in [0.29, 0.717) is 18.8 Å². The summed E-state index contributed by atoms with van der Waals surface area (Å²) < 4.78 is 5.26. The fourth-order valence-electron chi connectivity index (χ4n) is 1.88. The van der Waals surface area contributed by atoms with Gasteiger partial charge in [-0.1, -0.05) is 44.1 Å². The van der Waals surface area contributed by atoms with Crippen molar-refractivity contribution in [2.45, 2.75) is 39.5 Å². The van der Waals surface area contributed by atoms with Gasteiger partial charge < -0.3 is 9.84 Å². The molecule has 0 fully saturated rings. The Labute approximate surface area is 127 Å². The summed E-state index contributed by atoms with van der Waals surface area (Å²) in [6.45, 7) is 4.51. The van der Waals surface area contributed by atoms with E-state index in [-0.39, 0.29) is 11.5 Å². The summed E-state index contributed by atoms with van der Waals surface area (Å²) >= 11 is 0. The average Bonchev–Trinajstić information content (AvgIpc) is 2.47. The maximum atomic E-state index is 11.5. The normalized spacial score (nSPS) is 11.3. The molecule has 114 valence electrons. The molecule has 0 aliphatic heterocycles. The molecule has 3 nitrogen and oxygen atoms in total. The number of aromatic hydroxyl groups is 1. The number of hydrogen-bond donors (Lipinski definition) is 1. The van der Waals surface area contributed by atoms with E-state index in [9.17, 15) is 9.90 Å². The van der Waals surface area contributed by atoms with Gasteiger partial charge in [-0.15, -0.1) is 0 Å². The summed E-state index contributed by atoms with van der Waals surface area (Å²) in [6, 6.07) is 5.23. The Kier molecular flexibility index (Phi) is 7.95. The number of phenols is 1.